The highest BCUT2D eigenvalue weighted by Crippen LogP contribution is 2.37. The van der Waals surface area contributed by atoms with Gasteiger partial charge >= 0.3 is 0 Å². The van der Waals surface area contributed by atoms with Crippen LogP contribution in [0.5, 0.6) is 0 Å². The molecule has 4 rings (SSSR count). The predicted octanol–water partition coefficient (Wildman–Crippen LogP) is 8.06. The van der Waals surface area contributed by atoms with Gasteiger partial charge in [-0.25, -0.2) is 0 Å². The van der Waals surface area contributed by atoms with Crippen molar-refractivity contribution in [3.8, 4) is 11.1 Å². The van der Waals surface area contributed by atoms with Gasteiger partial charge in [-0.15, -0.1) is 0 Å². The van der Waals surface area contributed by atoms with Crippen LogP contribution in [0.1, 0.15) is 22.3 Å². The lowest BCUT2D eigenvalue weighted by Crippen LogP contribution is -2.10. The maximum Gasteiger partial charge on any atom is 0.0464 e. The molecule has 0 aliphatic heterocycles. The van der Waals surface area contributed by atoms with E-state index in [4.69, 9.17) is 0 Å². The van der Waals surface area contributed by atoms with Crippen LogP contribution in [0.25, 0.3) is 11.1 Å². The summed E-state index contributed by atoms with van der Waals surface area (Å²) >= 11 is 0. The Balaban J connectivity index is 1.81. The van der Waals surface area contributed by atoms with Gasteiger partial charge in [0.25, 0.3) is 0 Å². The Hall–Kier alpha value is -3.32. The number of hydrogen-bond donors (Lipinski definition) is 0. The van der Waals surface area contributed by atoms with Crippen molar-refractivity contribution < 1.29 is 0 Å². The van der Waals surface area contributed by atoms with E-state index in [1.165, 1.54) is 44.8 Å². The molecule has 0 aliphatic carbocycles. The highest BCUT2D eigenvalue weighted by molar-refractivity contribution is 5.79. The molecule has 0 unspecified atom stereocenters. The van der Waals surface area contributed by atoms with Crippen molar-refractivity contribution in [3.63, 3.8) is 0 Å². The van der Waals surface area contributed by atoms with Crippen molar-refractivity contribution in [2.45, 2.75) is 27.7 Å². The van der Waals surface area contributed by atoms with Crippen LogP contribution in [-0.4, -0.2) is 0 Å². The van der Waals surface area contributed by atoms with Crippen molar-refractivity contribution in [2.24, 2.45) is 0 Å². The second-order valence-electron chi connectivity index (χ2n) is 7.79. The molecular weight excluding hydrogens is 350 g/mol. The maximum absolute atomic E-state index is 2.34. The van der Waals surface area contributed by atoms with Gasteiger partial charge in [-0.3, -0.25) is 0 Å². The fourth-order valence-corrected chi connectivity index (χ4v) is 3.61. The molecule has 1 heteroatoms. The Labute approximate surface area is 174 Å². The van der Waals surface area contributed by atoms with E-state index in [1.54, 1.807) is 0 Å². The summed E-state index contributed by atoms with van der Waals surface area (Å²) in [6.45, 7) is 8.67. The third-order valence-electron chi connectivity index (χ3n) is 5.73. The van der Waals surface area contributed by atoms with Crippen molar-refractivity contribution in [1.82, 2.24) is 0 Å². The van der Waals surface area contributed by atoms with Gasteiger partial charge in [-0.2, -0.15) is 0 Å². The largest absolute Gasteiger partial charge is 0.310 e. The Morgan fingerprint density at radius 2 is 0.862 bits per heavy atom. The molecule has 1 nitrogen and oxygen atoms in total. The van der Waals surface area contributed by atoms with E-state index in [0.717, 1.165) is 5.69 Å². The van der Waals surface area contributed by atoms with E-state index in [2.05, 4.69) is 124 Å². The monoisotopic (exact) mass is 377 g/mol. The van der Waals surface area contributed by atoms with Crippen molar-refractivity contribution >= 4 is 17.1 Å². The number of aryl methyl sites for hydroxylation is 4. The van der Waals surface area contributed by atoms with Crippen LogP contribution in [0.3, 0.4) is 0 Å². The minimum Gasteiger partial charge on any atom is -0.310 e. The molecule has 0 heterocycles. The van der Waals surface area contributed by atoms with Crippen LogP contribution in [0.4, 0.5) is 17.1 Å². The predicted molar refractivity (Wildman–Crippen MR) is 126 cm³/mol. The molecule has 0 bridgehead atoms. The lowest BCUT2D eigenvalue weighted by molar-refractivity contribution is 1.23. The lowest BCUT2D eigenvalue weighted by Gasteiger charge is -2.27. The number of nitrogens with zero attached hydrogens (tertiary/aromatic N) is 1. The van der Waals surface area contributed by atoms with Gasteiger partial charge in [0.05, 0.1) is 0 Å². The van der Waals surface area contributed by atoms with Gasteiger partial charge in [0.15, 0.2) is 0 Å². The molecule has 0 amide bonds. The Bertz CT molecular complexity index is 1070. The maximum atomic E-state index is 2.34. The molecular formula is C28H27N. The third-order valence-corrected chi connectivity index (χ3v) is 5.73. The molecule has 4 aromatic carbocycles. The number of hydrogen-bond acceptors (Lipinski definition) is 1. The summed E-state index contributed by atoms with van der Waals surface area (Å²) in [6, 6.07) is 32.8. The number of benzene rings is 4. The molecule has 0 atom stereocenters. The summed E-state index contributed by atoms with van der Waals surface area (Å²) in [6.07, 6.45) is 0. The second-order valence-corrected chi connectivity index (χ2v) is 7.79. The van der Waals surface area contributed by atoms with Gasteiger partial charge in [0.2, 0.25) is 0 Å². The van der Waals surface area contributed by atoms with Crippen LogP contribution in [0, 0.1) is 27.7 Å². The average Bonchev–Trinajstić information content (AvgIpc) is 2.74. The zero-order chi connectivity index (χ0) is 20.4. The average molecular weight is 378 g/mol. The first-order valence-electron chi connectivity index (χ1n) is 10.1. The molecule has 0 radical (unpaired) electrons. The lowest BCUT2D eigenvalue weighted by atomic mass is 10.0. The molecule has 0 aromatic heterocycles. The number of rotatable bonds is 4. The molecule has 0 aliphatic rings. The fourth-order valence-electron chi connectivity index (χ4n) is 3.61. The van der Waals surface area contributed by atoms with Crippen molar-refractivity contribution in [3.05, 3.63) is 113 Å². The van der Waals surface area contributed by atoms with E-state index in [-0.39, 0.29) is 0 Å². The minimum atomic E-state index is 1.16. The van der Waals surface area contributed by atoms with Crippen LogP contribution in [-0.2, 0) is 0 Å². The standard InChI is InChI=1S/C28H27N/c1-20-10-14-27(18-22(20)3)29(28-15-11-21(2)23(4)19-28)26-16-12-25(13-17-26)24-8-6-5-7-9-24/h5-19H,1-4H3. The minimum absolute atomic E-state index is 1.16. The normalized spacial score (nSPS) is 10.8. The van der Waals surface area contributed by atoms with E-state index in [0.29, 0.717) is 0 Å². The van der Waals surface area contributed by atoms with Crippen LogP contribution in [0.2, 0.25) is 0 Å². The zero-order valence-corrected chi connectivity index (χ0v) is 17.6. The van der Waals surface area contributed by atoms with E-state index >= 15 is 0 Å². The van der Waals surface area contributed by atoms with Crippen LogP contribution < -0.4 is 4.90 Å². The topological polar surface area (TPSA) is 3.24 Å². The van der Waals surface area contributed by atoms with Gasteiger partial charge in [-0.1, -0.05) is 54.6 Å². The Morgan fingerprint density at radius 1 is 0.414 bits per heavy atom. The fraction of sp³-hybridized carbons (Fsp3) is 0.143. The Kier molecular flexibility index (Phi) is 5.22. The summed E-state index contributed by atoms with van der Waals surface area (Å²) in [4.78, 5) is 2.34. The van der Waals surface area contributed by atoms with Gasteiger partial charge in [0.1, 0.15) is 0 Å². The van der Waals surface area contributed by atoms with Crippen LogP contribution in [0.15, 0.2) is 91.0 Å². The second kappa shape index (κ2) is 7.97. The molecule has 0 spiro atoms. The quantitative estimate of drug-likeness (QED) is 0.347. The summed E-state index contributed by atoms with van der Waals surface area (Å²) < 4.78 is 0. The molecule has 4 aromatic rings. The van der Waals surface area contributed by atoms with E-state index in [1.807, 2.05) is 0 Å². The van der Waals surface area contributed by atoms with Gasteiger partial charge in [-0.05, 0) is 97.5 Å². The summed E-state index contributed by atoms with van der Waals surface area (Å²) in [7, 11) is 0. The molecule has 0 N–H and O–H groups in total. The van der Waals surface area contributed by atoms with Crippen molar-refractivity contribution in [1.29, 1.82) is 0 Å². The van der Waals surface area contributed by atoms with Crippen molar-refractivity contribution in [2.75, 3.05) is 4.90 Å². The highest BCUT2D eigenvalue weighted by Gasteiger charge is 2.14. The first-order chi connectivity index (χ1) is 14.0. The van der Waals surface area contributed by atoms with E-state index in [9.17, 15) is 0 Å². The summed E-state index contributed by atoms with van der Waals surface area (Å²) in [5, 5.41) is 0. The van der Waals surface area contributed by atoms with Crippen LogP contribution >= 0.6 is 0 Å². The van der Waals surface area contributed by atoms with E-state index < -0.39 is 0 Å². The first-order valence-corrected chi connectivity index (χ1v) is 10.1. The highest BCUT2D eigenvalue weighted by atomic mass is 15.1. The molecule has 0 saturated carbocycles. The molecule has 0 saturated heterocycles. The Morgan fingerprint density at radius 3 is 1.34 bits per heavy atom. The SMILES string of the molecule is Cc1ccc(N(c2ccc(-c3ccccc3)cc2)c2ccc(C)c(C)c2)cc1C. The first kappa shape index (κ1) is 19.0. The number of anilines is 3. The molecule has 29 heavy (non-hydrogen) atoms. The summed E-state index contributed by atoms with van der Waals surface area (Å²) in [5.74, 6) is 0. The van der Waals surface area contributed by atoms with Gasteiger partial charge < -0.3 is 4.90 Å². The summed E-state index contributed by atoms with van der Waals surface area (Å²) in [5.41, 5.74) is 11.2. The molecule has 144 valence electrons. The zero-order valence-electron chi connectivity index (χ0n) is 17.6. The smallest absolute Gasteiger partial charge is 0.0464 e. The molecule has 0 fully saturated rings. The third kappa shape index (κ3) is 3.95. The van der Waals surface area contributed by atoms with Gasteiger partial charge in [0, 0.05) is 17.1 Å².